The van der Waals surface area contributed by atoms with Crippen molar-refractivity contribution in [1.29, 1.82) is 0 Å². The van der Waals surface area contributed by atoms with Gasteiger partial charge in [0, 0.05) is 18.3 Å². The Hall–Kier alpha value is -4.27. The maximum absolute atomic E-state index is 14.3. The number of nitrogens with zero attached hydrogens (tertiary/aromatic N) is 4. The molecule has 0 saturated heterocycles. The van der Waals surface area contributed by atoms with E-state index in [1.165, 1.54) is 25.1 Å². The van der Waals surface area contributed by atoms with E-state index in [1.54, 1.807) is 13.8 Å². The maximum atomic E-state index is 14.3. The molecule has 0 atom stereocenters. The van der Waals surface area contributed by atoms with E-state index in [4.69, 9.17) is 6.57 Å². The first-order valence-electron chi connectivity index (χ1n) is 9.84. The van der Waals surface area contributed by atoms with E-state index in [0.717, 1.165) is 12.3 Å². The van der Waals surface area contributed by atoms with E-state index in [9.17, 15) is 27.2 Å². The minimum atomic E-state index is -4.92. The number of benzene rings is 1. The third-order valence-corrected chi connectivity index (χ3v) is 4.52. The van der Waals surface area contributed by atoms with Crippen molar-refractivity contribution in [2.24, 2.45) is 0 Å². The number of rotatable bonds is 5. The molecule has 2 heterocycles. The summed E-state index contributed by atoms with van der Waals surface area (Å²) >= 11 is 0. The predicted molar refractivity (Wildman–Crippen MR) is 114 cm³/mol. The van der Waals surface area contributed by atoms with Crippen molar-refractivity contribution in [3.05, 3.63) is 76.3 Å². The summed E-state index contributed by atoms with van der Waals surface area (Å²) in [6.07, 6.45) is -3.78. The first kappa shape index (κ1) is 24.4. The highest BCUT2D eigenvalue weighted by atomic mass is 19.4. The lowest BCUT2D eigenvalue weighted by molar-refractivity contribution is -0.141. The van der Waals surface area contributed by atoms with E-state index in [1.807, 2.05) is 0 Å². The second-order valence-electron chi connectivity index (χ2n) is 7.51. The van der Waals surface area contributed by atoms with Crippen LogP contribution < -0.4 is 10.6 Å². The molecule has 0 fully saturated rings. The number of hydrogen-bond acceptors (Lipinski definition) is 4. The van der Waals surface area contributed by atoms with Gasteiger partial charge in [-0.3, -0.25) is 9.59 Å². The van der Waals surface area contributed by atoms with Crippen molar-refractivity contribution < 1.29 is 27.2 Å². The molecular formula is C22H18F4N6O2. The molecule has 34 heavy (non-hydrogen) atoms. The maximum Gasteiger partial charge on any atom is 0.435 e. The lowest BCUT2D eigenvalue weighted by Gasteiger charge is -2.16. The summed E-state index contributed by atoms with van der Waals surface area (Å²) in [5, 5.41) is 8.39. The number of carbonyl (C=O) groups is 2. The number of aromatic nitrogens is 3. The fourth-order valence-electron chi connectivity index (χ4n) is 3.07. The van der Waals surface area contributed by atoms with E-state index >= 15 is 0 Å². The van der Waals surface area contributed by atoms with Gasteiger partial charge < -0.3 is 10.6 Å². The molecule has 2 aromatic heterocycles. The summed E-state index contributed by atoms with van der Waals surface area (Å²) in [6.45, 7) is 12.2. The normalized spacial score (nSPS) is 11.3. The van der Waals surface area contributed by atoms with Gasteiger partial charge in [-0.15, -0.1) is 0 Å². The molecular weight excluding hydrogens is 456 g/mol. The number of alkyl halides is 3. The second kappa shape index (κ2) is 9.30. The van der Waals surface area contributed by atoms with Crippen LogP contribution in [0.1, 0.15) is 46.0 Å². The van der Waals surface area contributed by atoms with E-state index < -0.39 is 41.0 Å². The van der Waals surface area contributed by atoms with Gasteiger partial charge in [-0.05, 0) is 44.5 Å². The minimum absolute atomic E-state index is 0.0154. The molecule has 2 amide bonds. The van der Waals surface area contributed by atoms with Crippen molar-refractivity contribution in [3.8, 4) is 5.82 Å². The number of amides is 2. The highest BCUT2D eigenvalue weighted by molar-refractivity contribution is 6.09. The van der Waals surface area contributed by atoms with Gasteiger partial charge in [-0.2, -0.15) is 18.3 Å². The summed E-state index contributed by atoms with van der Waals surface area (Å²) in [4.78, 5) is 32.8. The third-order valence-electron chi connectivity index (χ3n) is 4.52. The molecule has 2 N–H and O–H groups in total. The van der Waals surface area contributed by atoms with E-state index in [-0.39, 0.29) is 23.0 Å². The van der Waals surface area contributed by atoms with Crippen LogP contribution >= 0.6 is 0 Å². The van der Waals surface area contributed by atoms with Crippen LogP contribution in [-0.2, 0) is 6.18 Å². The average molecular weight is 474 g/mol. The van der Waals surface area contributed by atoms with Crippen LogP contribution in [0.2, 0.25) is 0 Å². The molecule has 0 bridgehead atoms. The molecule has 3 aromatic rings. The number of carbonyl (C=O) groups excluding carboxylic acids is 2. The average Bonchev–Trinajstić information content (AvgIpc) is 3.20. The molecule has 1 aromatic carbocycles. The fourth-order valence-corrected chi connectivity index (χ4v) is 3.07. The Morgan fingerprint density at radius 3 is 2.47 bits per heavy atom. The molecule has 3 rings (SSSR count). The van der Waals surface area contributed by atoms with Crippen LogP contribution in [0.5, 0.6) is 0 Å². The van der Waals surface area contributed by atoms with E-state index in [0.29, 0.717) is 16.3 Å². The fraction of sp³-hybridized carbons (Fsp3) is 0.227. The molecule has 0 unspecified atom stereocenters. The van der Waals surface area contributed by atoms with Gasteiger partial charge in [0.15, 0.2) is 23.0 Å². The molecule has 0 saturated carbocycles. The Morgan fingerprint density at radius 1 is 1.18 bits per heavy atom. The predicted octanol–water partition coefficient (Wildman–Crippen LogP) is 4.67. The summed E-state index contributed by atoms with van der Waals surface area (Å²) in [5.41, 5.74) is -1.71. The van der Waals surface area contributed by atoms with Crippen molar-refractivity contribution >= 4 is 23.2 Å². The number of hydrogen-bond donors (Lipinski definition) is 2. The minimum Gasteiger partial charge on any atom is -0.350 e. The molecule has 176 valence electrons. The molecule has 0 radical (unpaired) electrons. The van der Waals surface area contributed by atoms with Crippen molar-refractivity contribution in [2.45, 2.75) is 33.0 Å². The quantitative estimate of drug-likeness (QED) is 0.415. The standard InChI is InChI=1S/C22H18F4N6O2/c1-11(2)29-20(33)14-9-13(27-4)8-12(3)18(14)30-21(34)16-10-17(22(24,25)26)31-32(16)19-15(23)6-5-7-28-19/h5-11H,1-3H3,(H,29,33)(H,30,34). The zero-order valence-electron chi connectivity index (χ0n) is 18.2. The zero-order chi connectivity index (χ0) is 25.2. The van der Waals surface area contributed by atoms with Crippen LogP contribution in [0.4, 0.5) is 28.9 Å². The van der Waals surface area contributed by atoms with Gasteiger partial charge in [0.05, 0.1) is 17.8 Å². The van der Waals surface area contributed by atoms with Crippen LogP contribution in [0.15, 0.2) is 36.5 Å². The highest BCUT2D eigenvalue weighted by Crippen LogP contribution is 2.31. The molecule has 12 heteroatoms. The summed E-state index contributed by atoms with van der Waals surface area (Å²) in [7, 11) is 0. The van der Waals surface area contributed by atoms with Gasteiger partial charge in [0.25, 0.3) is 11.8 Å². The molecule has 8 nitrogen and oxygen atoms in total. The third kappa shape index (κ3) is 5.03. The van der Waals surface area contributed by atoms with Gasteiger partial charge in [-0.1, -0.05) is 6.07 Å². The zero-order valence-corrected chi connectivity index (χ0v) is 18.2. The van der Waals surface area contributed by atoms with Crippen LogP contribution in [0, 0.1) is 19.3 Å². The molecule has 0 spiro atoms. The van der Waals surface area contributed by atoms with Crippen LogP contribution in [0.3, 0.4) is 0 Å². The van der Waals surface area contributed by atoms with Gasteiger partial charge >= 0.3 is 6.18 Å². The lowest BCUT2D eigenvalue weighted by Crippen LogP contribution is -2.31. The van der Waals surface area contributed by atoms with Crippen LogP contribution in [0.25, 0.3) is 10.7 Å². The van der Waals surface area contributed by atoms with Gasteiger partial charge in [0.1, 0.15) is 5.69 Å². The Morgan fingerprint density at radius 2 is 1.88 bits per heavy atom. The number of anilines is 1. The summed E-state index contributed by atoms with van der Waals surface area (Å²) in [6, 6.07) is 5.04. The van der Waals surface area contributed by atoms with Gasteiger partial charge in [-0.25, -0.2) is 18.9 Å². The van der Waals surface area contributed by atoms with Crippen molar-refractivity contribution in [1.82, 2.24) is 20.1 Å². The van der Waals surface area contributed by atoms with Crippen molar-refractivity contribution in [3.63, 3.8) is 0 Å². The highest BCUT2D eigenvalue weighted by Gasteiger charge is 2.37. The number of pyridine rings is 1. The number of halogens is 4. The SMILES string of the molecule is [C-]#[N+]c1cc(C)c(NC(=O)c2cc(C(F)(F)F)nn2-c2ncccc2F)c(C(=O)NC(C)C)c1. The van der Waals surface area contributed by atoms with Crippen LogP contribution in [-0.4, -0.2) is 32.6 Å². The van der Waals surface area contributed by atoms with E-state index in [2.05, 4.69) is 25.6 Å². The largest absolute Gasteiger partial charge is 0.435 e. The Kier molecular flexibility index (Phi) is 6.67. The Labute approximate surface area is 191 Å². The number of aryl methyl sites for hydroxylation is 1. The topological polar surface area (TPSA) is 93.3 Å². The summed E-state index contributed by atoms with van der Waals surface area (Å²) < 4.78 is 54.7. The lowest BCUT2D eigenvalue weighted by atomic mass is 10.0. The smallest absolute Gasteiger partial charge is 0.350 e. The number of nitrogens with one attached hydrogen (secondary N) is 2. The molecule has 0 aliphatic heterocycles. The van der Waals surface area contributed by atoms with Gasteiger partial charge in [0.2, 0.25) is 0 Å². The van der Waals surface area contributed by atoms with Crippen molar-refractivity contribution in [2.75, 3.05) is 5.32 Å². The molecule has 0 aliphatic rings. The molecule has 0 aliphatic carbocycles. The monoisotopic (exact) mass is 474 g/mol. The summed E-state index contributed by atoms with van der Waals surface area (Å²) in [5.74, 6) is -3.30. The Balaban J connectivity index is 2.12. The Bertz CT molecular complexity index is 1310. The first-order valence-corrected chi connectivity index (χ1v) is 9.84. The first-order chi connectivity index (χ1) is 15.9. The second-order valence-corrected chi connectivity index (χ2v) is 7.51.